The van der Waals surface area contributed by atoms with Crippen molar-refractivity contribution in [1.82, 2.24) is 9.97 Å². The molecule has 0 saturated carbocycles. The largest absolute Gasteiger partial charge is 0.416 e. The highest BCUT2D eigenvalue weighted by atomic mass is 32.1. The zero-order valence-corrected chi connectivity index (χ0v) is 18.3. The number of nitrogens with zero attached hydrogens (tertiary/aromatic N) is 2. The van der Waals surface area contributed by atoms with E-state index < -0.39 is 17.6 Å². The molecule has 0 unspecified atom stereocenters. The van der Waals surface area contributed by atoms with Gasteiger partial charge in [-0.1, -0.05) is 60.7 Å². The van der Waals surface area contributed by atoms with Gasteiger partial charge in [-0.15, -0.1) is 11.3 Å². The van der Waals surface area contributed by atoms with Crippen LogP contribution >= 0.6 is 11.3 Å². The summed E-state index contributed by atoms with van der Waals surface area (Å²) in [6.45, 7) is 0. The summed E-state index contributed by atoms with van der Waals surface area (Å²) in [6, 6.07) is 23.1. The molecule has 4 nitrogen and oxygen atoms in total. The van der Waals surface area contributed by atoms with Gasteiger partial charge in [0.15, 0.2) is 5.13 Å². The number of halogens is 3. The number of aromatic nitrogens is 2. The monoisotopic (exact) mass is 475 g/mol. The van der Waals surface area contributed by atoms with E-state index in [9.17, 15) is 18.0 Å². The summed E-state index contributed by atoms with van der Waals surface area (Å²) in [6.07, 6.45) is -4.45. The van der Waals surface area contributed by atoms with Crippen molar-refractivity contribution in [2.24, 2.45) is 0 Å². The number of thiazole rings is 1. The van der Waals surface area contributed by atoms with Crippen LogP contribution in [-0.4, -0.2) is 15.9 Å². The zero-order chi connectivity index (χ0) is 23.7. The first-order valence-corrected chi connectivity index (χ1v) is 11.2. The number of carbonyl (C=O) groups excluding carboxylic acids is 1. The first-order chi connectivity index (χ1) is 16.4. The quantitative estimate of drug-likeness (QED) is 0.297. The molecule has 1 N–H and O–H groups in total. The second-order valence-corrected chi connectivity index (χ2v) is 8.37. The molecule has 8 heteroatoms. The van der Waals surface area contributed by atoms with Gasteiger partial charge in [-0.25, -0.2) is 9.97 Å². The van der Waals surface area contributed by atoms with Gasteiger partial charge >= 0.3 is 6.18 Å². The van der Waals surface area contributed by atoms with Crippen molar-refractivity contribution in [3.8, 4) is 22.5 Å². The van der Waals surface area contributed by atoms with E-state index in [1.165, 1.54) is 17.4 Å². The Labute approximate surface area is 196 Å². The third-order valence-electron chi connectivity index (χ3n) is 5.24. The molecule has 0 aliphatic heterocycles. The van der Waals surface area contributed by atoms with Crippen LogP contribution in [0.4, 0.5) is 18.3 Å². The lowest BCUT2D eigenvalue weighted by Gasteiger charge is -2.10. The van der Waals surface area contributed by atoms with E-state index in [0.717, 1.165) is 23.4 Å². The number of carbonyl (C=O) groups is 1. The average molecular weight is 475 g/mol. The number of fused-ring (bicyclic) bond motifs is 1. The number of anilines is 1. The van der Waals surface area contributed by atoms with Crippen LogP contribution < -0.4 is 5.32 Å². The molecule has 5 rings (SSSR count). The van der Waals surface area contributed by atoms with Crippen LogP contribution in [0.2, 0.25) is 0 Å². The molecule has 0 radical (unpaired) electrons. The second-order valence-electron chi connectivity index (χ2n) is 7.51. The molecule has 34 heavy (non-hydrogen) atoms. The summed E-state index contributed by atoms with van der Waals surface area (Å²) < 4.78 is 39.4. The average Bonchev–Trinajstić information content (AvgIpc) is 3.32. The minimum atomic E-state index is -4.45. The van der Waals surface area contributed by atoms with Crippen molar-refractivity contribution in [2.75, 3.05) is 5.32 Å². The number of para-hydroxylation sites is 1. The van der Waals surface area contributed by atoms with Crippen LogP contribution in [0.1, 0.15) is 15.9 Å². The molecule has 2 aromatic heterocycles. The minimum Gasteiger partial charge on any atom is -0.298 e. The van der Waals surface area contributed by atoms with Gasteiger partial charge in [-0.05, 0) is 24.3 Å². The molecule has 168 valence electrons. The second kappa shape index (κ2) is 8.72. The van der Waals surface area contributed by atoms with Gasteiger partial charge < -0.3 is 0 Å². The normalized spacial score (nSPS) is 11.5. The number of hydrogen-bond acceptors (Lipinski definition) is 4. The van der Waals surface area contributed by atoms with Gasteiger partial charge in [-0.2, -0.15) is 13.2 Å². The van der Waals surface area contributed by atoms with E-state index in [1.807, 2.05) is 35.7 Å². The Kier molecular flexibility index (Phi) is 5.59. The standard InChI is InChI=1S/C26H16F3N3OS/c27-26(28,29)19-10-4-9-18(14-19)21-13-12-17-8-5-11-20(23(17)30-21)24(33)32-25-31-22(15-34-25)16-6-2-1-3-7-16/h1-15H,(H,31,32,33). The molecule has 2 heterocycles. The third kappa shape index (κ3) is 4.40. The number of nitrogens with one attached hydrogen (secondary N) is 1. The van der Waals surface area contributed by atoms with E-state index in [1.54, 1.807) is 36.4 Å². The van der Waals surface area contributed by atoms with Crippen molar-refractivity contribution in [3.05, 3.63) is 101 Å². The van der Waals surface area contributed by atoms with Crippen molar-refractivity contribution >= 4 is 33.3 Å². The summed E-state index contributed by atoms with van der Waals surface area (Å²) in [7, 11) is 0. The minimum absolute atomic E-state index is 0.308. The predicted molar refractivity (Wildman–Crippen MR) is 128 cm³/mol. The molecule has 0 aliphatic rings. The Morgan fingerprint density at radius 2 is 1.56 bits per heavy atom. The van der Waals surface area contributed by atoms with E-state index in [2.05, 4.69) is 15.3 Å². The fourth-order valence-corrected chi connectivity index (χ4v) is 4.30. The Morgan fingerprint density at radius 3 is 2.35 bits per heavy atom. The number of rotatable bonds is 4. The van der Waals surface area contributed by atoms with Gasteiger partial charge in [0.05, 0.1) is 28.0 Å². The Morgan fingerprint density at radius 1 is 0.794 bits per heavy atom. The van der Waals surface area contributed by atoms with Gasteiger partial charge in [0, 0.05) is 21.9 Å². The first kappa shape index (κ1) is 21.8. The lowest BCUT2D eigenvalue weighted by atomic mass is 10.0. The molecule has 0 atom stereocenters. The van der Waals surface area contributed by atoms with Crippen LogP contribution in [0.25, 0.3) is 33.4 Å². The smallest absolute Gasteiger partial charge is 0.298 e. The zero-order valence-electron chi connectivity index (χ0n) is 17.5. The number of amides is 1. The fourth-order valence-electron chi connectivity index (χ4n) is 3.58. The van der Waals surface area contributed by atoms with E-state index >= 15 is 0 Å². The van der Waals surface area contributed by atoms with E-state index in [0.29, 0.717) is 32.9 Å². The van der Waals surface area contributed by atoms with E-state index in [4.69, 9.17) is 0 Å². The highest BCUT2D eigenvalue weighted by Crippen LogP contribution is 2.32. The lowest BCUT2D eigenvalue weighted by molar-refractivity contribution is -0.137. The van der Waals surface area contributed by atoms with Gasteiger partial charge in [0.2, 0.25) is 0 Å². The molecule has 3 aromatic carbocycles. The third-order valence-corrected chi connectivity index (χ3v) is 6.00. The topological polar surface area (TPSA) is 54.9 Å². The van der Waals surface area contributed by atoms with Crippen LogP contribution in [-0.2, 0) is 6.18 Å². The Hall–Kier alpha value is -4.04. The summed E-state index contributed by atoms with van der Waals surface area (Å²) >= 11 is 1.31. The molecule has 1 amide bonds. The Balaban J connectivity index is 1.47. The lowest BCUT2D eigenvalue weighted by Crippen LogP contribution is -2.12. The van der Waals surface area contributed by atoms with Gasteiger partial charge in [-0.3, -0.25) is 10.1 Å². The highest BCUT2D eigenvalue weighted by molar-refractivity contribution is 7.14. The van der Waals surface area contributed by atoms with E-state index in [-0.39, 0.29) is 0 Å². The predicted octanol–water partition coefficient (Wildman–Crippen LogP) is 7.30. The molecule has 5 aromatic rings. The number of pyridine rings is 1. The summed E-state index contributed by atoms with van der Waals surface area (Å²) in [5, 5.41) is 5.81. The Bertz CT molecular complexity index is 1500. The van der Waals surface area contributed by atoms with Crippen LogP contribution in [0.5, 0.6) is 0 Å². The fraction of sp³-hybridized carbons (Fsp3) is 0.0385. The number of benzene rings is 3. The molecular weight excluding hydrogens is 459 g/mol. The van der Waals surface area contributed by atoms with Crippen molar-refractivity contribution in [2.45, 2.75) is 6.18 Å². The maximum absolute atomic E-state index is 13.1. The molecule has 0 fully saturated rings. The molecule has 0 bridgehead atoms. The molecular formula is C26H16F3N3OS. The van der Waals surface area contributed by atoms with Crippen LogP contribution in [0.15, 0.2) is 90.3 Å². The van der Waals surface area contributed by atoms with Crippen LogP contribution in [0, 0.1) is 0 Å². The number of hydrogen-bond donors (Lipinski definition) is 1. The summed E-state index contributed by atoms with van der Waals surface area (Å²) in [4.78, 5) is 22.1. The van der Waals surface area contributed by atoms with Crippen molar-refractivity contribution in [3.63, 3.8) is 0 Å². The maximum Gasteiger partial charge on any atom is 0.416 e. The van der Waals surface area contributed by atoms with Crippen molar-refractivity contribution < 1.29 is 18.0 Å². The summed E-state index contributed by atoms with van der Waals surface area (Å²) in [5.74, 6) is -0.395. The SMILES string of the molecule is O=C(Nc1nc(-c2ccccc2)cs1)c1cccc2ccc(-c3cccc(C(F)(F)F)c3)nc12. The van der Waals surface area contributed by atoms with Crippen LogP contribution in [0.3, 0.4) is 0 Å². The highest BCUT2D eigenvalue weighted by Gasteiger charge is 2.30. The van der Waals surface area contributed by atoms with Gasteiger partial charge in [0.25, 0.3) is 5.91 Å². The number of alkyl halides is 3. The molecule has 0 aliphatic carbocycles. The molecule has 0 saturated heterocycles. The van der Waals surface area contributed by atoms with Gasteiger partial charge in [0.1, 0.15) is 0 Å². The molecule has 0 spiro atoms. The maximum atomic E-state index is 13.1. The van der Waals surface area contributed by atoms with Crippen molar-refractivity contribution in [1.29, 1.82) is 0 Å². The summed E-state index contributed by atoms with van der Waals surface area (Å²) in [5.41, 5.74) is 2.31. The first-order valence-electron chi connectivity index (χ1n) is 10.3.